The van der Waals surface area contributed by atoms with Crippen molar-refractivity contribution in [2.24, 2.45) is 0 Å². The zero-order valence-electron chi connectivity index (χ0n) is 6.50. The van der Waals surface area contributed by atoms with Gasteiger partial charge in [-0.1, -0.05) is 0 Å². The molecule has 0 spiro atoms. The van der Waals surface area contributed by atoms with Crippen LogP contribution in [0, 0.1) is 0 Å². The number of hydrogen-bond acceptors (Lipinski definition) is 3. The molecule has 0 saturated heterocycles. The smallest absolute Gasteiger partial charge is 0.117 e. The van der Waals surface area contributed by atoms with Crippen LogP contribution in [0.2, 0.25) is 0 Å². The third-order valence-electron chi connectivity index (χ3n) is 1.34. The van der Waals surface area contributed by atoms with Crippen molar-refractivity contribution in [2.45, 2.75) is 9.79 Å². The standard InChI is InChI=1S/C8H10OS2/c1-10-7-3-6(9)4-8(5-7)11-2/h3-5,9H,1-2H3. The average Bonchev–Trinajstić information content (AvgIpc) is 2.03. The van der Waals surface area contributed by atoms with Crippen LogP contribution in [0.15, 0.2) is 28.0 Å². The zero-order chi connectivity index (χ0) is 8.27. The second kappa shape index (κ2) is 3.93. The Labute approximate surface area is 75.2 Å². The zero-order valence-corrected chi connectivity index (χ0v) is 8.13. The molecule has 1 N–H and O–H groups in total. The van der Waals surface area contributed by atoms with Gasteiger partial charge in [-0.15, -0.1) is 23.5 Å². The monoisotopic (exact) mass is 186 g/mol. The fraction of sp³-hybridized carbons (Fsp3) is 0.250. The van der Waals surface area contributed by atoms with Crippen LogP contribution in [-0.2, 0) is 0 Å². The van der Waals surface area contributed by atoms with Gasteiger partial charge in [0.2, 0.25) is 0 Å². The van der Waals surface area contributed by atoms with Crippen LogP contribution in [0.5, 0.6) is 5.75 Å². The molecule has 0 aliphatic heterocycles. The molecule has 0 heterocycles. The van der Waals surface area contributed by atoms with Gasteiger partial charge in [-0.3, -0.25) is 0 Å². The van der Waals surface area contributed by atoms with Crippen LogP contribution in [0.1, 0.15) is 0 Å². The number of aromatic hydroxyl groups is 1. The molecular weight excluding hydrogens is 176 g/mol. The van der Waals surface area contributed by atoms with Crippen molar-refractivity contribution in [1.29, 1.82) is 0 Å². The minimum absolute atomic E-state index is 0.348. The van der Waals surface area contributed by atoms with Gasteiger partial charge in [0.1, 0.15) is 5.75 Å². The predicted molar refractivity (Wildman–Crippen MR) is 51.7 cm³/mol. The van der Waals surface area contributed by atoms with E-state index < -0.39 is 0 Å². The highest BCUT2D eigenvalue weighted by Crippen LogP contribution is 2.27. The van der Waals surface area contributed by atoms with Crippen molar-refractivity contribution < 1.29 is 5.11 Å². The highest BCUT2D eigenvalue weighted by atomic mass is 32.2. The Morgan fingerprint density at radius 3 is 1.82 bits per heavy atom. The Bertz CT molecular complexity index is 226. The summed E-state index contributed by atoms with van der Waals surface area (Å²) in [5.74, 6) is 0.348. The van der Waals surface area contributed by atoms with Crippen molar-refractivity contribution in [3.8, 4) is 5.75 Å². The molecule has 0 aliphatic rings. The molecule has 1 rings (SSSR count). The SMILES string of the molecule is CSc1cc(O)cc(SC)c1. The number of phenols is 1. The number of benzene rings is 1. The van der Waals surface area contributed by atoms with Gasteiger partial charge < -0.3 is 5.11 Å². The summed E-state index contributed by atoms with van der Waals surface area (Å²) < 4.78 is 0. The molecule has 0 aromatic heterocycles. The molecule has 0 saturated carbocycles. The van der Waals surface area contributed by atoms with Crippen molar-refractivity contribution >= 4 is 23.5 Å². The molecule has 0 atom stereocenters. The molecule has 0 amide bonds. The maximum absolute atomic E-state index is 9.23. The predicted octanol–water partition coefficient (Wildman–Crippen LogP) is 2.84. The Hall–Kier alpha value is -0.280. The fourth-order valence-electron chi connectivity index (χ4n) is 0.792. The first-order valence-corrected chi connectivity index (χ1v) is 5.63. The topological polar surface area (TPSA) is 20.2 Å². The van der Waals surface area contributed by atoms with Gasteiger partial charge in [0.25, 0.3) is 0 Å². The minimum atomic E-state index is 0.348. The third kappa shape index (κ3) is 2.34. The highest BCUT2D eigenvalue weighted by Gasteiger charge is 1.96. The maximum atomic E-state index is 9.23. The van der Waals surface area contributed by atoms with Gasteiger partial charge in [0, 0.05) is 9.79 Å². The van der Waals surface area contributed by atoms with Crippen LogP contribution in [0.4, 0.5) is 0 Å². The maximum Gasteiger partial charge on any atom is 0.117 e. The fourth-order valence-corrected chi connectivity index (χ4v) is 1.83. The molecule has 0 aliphatic carbocycles. The van der Waals surface area contributed by atoms with E-state index in [9.17, 15) is 5.11 Å². The first kappa shape index (κ1) is 8.81. The second-order valence-corrected chi connectivity index (χ2v) is 3.83. The summed E-state index contributed by atoms with van der Waals surface area (Å²) in [4.78, 5) is 2.21. The highest BCUT2D eigenvalue weighted by molar-refractivity contribution is 7.99. The third-order valence-corrected chi connectivity index (χ3v) is 2.75. The first-order valence-electron chi connectivity index (χ1n) is 3.18. The molecule has 1 aromatic rings. The minimum Gasteiger partial charge on any atom is -0.508 e. The van der Waals surface area contributed by atoms with Gasteiger partial charge in [0.05, 0.1) is 0 Å². The lowest BCUT2D eigenvalue weighted by Gasteiger charge is -2.01. The largest absolute Gasteiger partial charge is 0.508 e. The van der Waals surface area contributed by atoms with Crippen LogP contribution in [0.3, 0.4) is 0 Å². The van der Waals surface area contributed by atoms with Gasteiger partial charge in [-0.05, 0) is 30.7 Å². The van der Waals surface area contributed by atoms with E-state index in [0.717, 1.165) is 9.79 Å². The normalized spacial score (nSPS) is 10.0. The summed E-state index contributed by atoms with van der Waals surface area (Å²) in [6, 6.07) is 5.60. The van der Waals surface area contributed by atoms with Crippen molar-refractivity contribution in [2.75, 3.05) is 12.5 Å². The van der Waals surface area contributed by atoms with Crippen molar-refractivity contribution in [1.82, 2.24) is 0 Å². The van der Waals surface area contributed by atoms with E-state index in [-0.39, 0.29) is 0 Å². The molecule has 0 radical (unpaired) electrons. The molecule has 1 aromatic carbocycles. The average molecular weight is 186 g/mol. The summed E-state index contributed by atoms with van der Waals surface area (Å²) >= 11 is 3.28. The van der Waals surface area contributed by atoms with Crippen LogP contribution < -0.4 is 0 Å². The molecule has 11 heavy (non-hydrogen) atoms. The summed E-state index contributed by atoms with van der Waals surface area (Å²) in [5, 5.41) is 9.23. The molecule has 0 fully saturated rings. The van der Waals surface area contributed by atoms with E-state index in [2.05, 4.69) is 6.07 Å². The lowest BCUT2D eigenvalue weighted by molar-refractivity contribution is 0.472. The molecule has 0 unspecified atom stereocenters. The van der Waals surface area contributed by atoms with E-state index in [1.54, 1.807) is 35.7 Å². The number of rotatable bonds is 2. The summed E-state index contributed by atoms with van der Waals surface area (Å²) in [7, 11) is 0. The quantitative estimate of drug-likeness (QED) is 0.717. The van der Waals surface area contributed by atoms with Crippen LogP contribution >= 0.6 is 23.5 Å². The second-order valence-electron chi connectivity index (χ2n) is 2.07. The number of phenolic OH excluding ortho intramolecular Hbond substituents is 1. The Morgan fingerprint density at radius 2 is 1.45 bits per heavy atom. The summed E-state index contributed by atoms with van der Waals surface area (Å²) in [5.41, 5.74) is 0. The van der Waals surface area contributed by atoms with E-state index >= 15 is 0 Å². The van der Waals surface area contributed by atoms with Crippen LogP contribution in [-0.4, -0.2) is 17.6 Å². The summed E-state index contributed by atoms with van der Waals surface area (Å²) in [6.07, 6.45) is 4.00. The van der Waals surface area contributed by atoms with Gasteiger partial charge >= 0.3 is 0 Å². The Balaban J connectivity index is 3.02. The van der Waals surface area contributed by atoms with E-state index in [1.165, 1.54) is 0 Å². The molecule has 0 bridgehead atoms. The van der Waals surface area contributed by atoms with Gasteiger partial charge in [0.15, 0.2) is 0 Å². The van der Waals surface area contributed by atoms with E-state index in [4.69, 9.17) is 0 Å². The lowest BCUT2D eigenvalue weighted by Crippen LogP contribution is -1.73. The molecule has 1 nitrogen and oxygen atoms in total. The molecular formula is C8H10OS2. The van der Waals surface area contributed by atoms with E-state index in [1.807, 2.05) is 12.5 Å². The Morgan fingerprint density at radius 1 is 1.00 bits per heavy atom. The van der Waals surface area contributed by atoms with Crippen molar-refractivity contribution in [3.05, 3.63) is 18.2 Å². The van der Waals surface area contributed by atoms with E-state index in [0.29, 0.717) is 5.75 Å². The number of thioether (sulfide) groups is 2. The summed E-state index contributed by atoms with van der Waals surface area (Å²) in [6.45, 7) is 0. The van der Waals surface area contributed by atoms with Crippen molar-refractivity contribution in [3.63, 3.8) is 0 Å². The molecule has 3 heteroatoms. The lowest BCUT2D eigenvalue weighted by atomic mass is 10.3. The van der Waals surface area contributed by atoms with Crippen LogP contribution in [0.25, 0.3) is 0 Å². The van der Waals surface area contributed by atoms with Gasteiger partial charge in [-0.25, -0.2) is 0 Å². The Kier molecular flexibility index (Phi) is 3.15. The van der Waals surface area contributed by atoms with Gasteiger partial charge in [-0.2, -0.15) is 0 Å². The first-order chi connectivity index (χ1) is 5.26. The molecule has 60 valence electrons. The number of hydrogen-bond donors (Lipinski definition) is 1.